The minimum atomic E-state index is -0.576. The third kappa shape index (κ3) is 2.43. The third-order valence-electron chi connectivity index (χ3n) is 3.17. The van der Waals surface area contributed by atoms with Crippen LogP contribution in [-0.4, -0.2) is 33.3 Å². The van der Waals surface area contributed by atoms with Crippen LogP contribution in [0.3, 0.4) is 0 Å². The zero-order chi connectivity index (χ0) is 15.7. The summed E-state index contributed by atoms with van der Waals surface area (Å²) in [4.78, 5) is 12.4. The number of phenolic OH excluding ortho intramolecular Hbond substituents is 4. The molecule has 110 valence electrons. The second-order valence-electron chi connectivity index (χ2n) is 4.48. The number of carbonyl (C=O) groups excluding carboxylic acids is 1. The Bertz CT molecular complexity index is 697. The van der Waals surface area contributed by atoms with E-state index in [2.05, 4.69) is 0 Å². The number of ether oxygens (including phenoxy) is 1. The monoisotopic (exact) mass is 290 g/mol. The molecule has 4 N–H and O–H groups in total. The quantitative estimate of drug-likeness (QED) is 0.509. The van der Waals surface area contributed by atoms with E-state index in [1.807, 2.05) is 0 Å². The van der Waals surface area contributed by atoms with Crippen molar-refractivity contribution in [3.05, 3.63) is 41.0 Å². The smallest absolute Gasteiger partial charge is 0.201 e. The number of carbonyl (C=O) groups is 1. The topological polar surface area (TPSA) is 107 Å². The largest absolute Gasteiger partial charge is 0.508 e. The van der Waals surface area contributed by atoms with Crippen LogP contribution >= 0.6 is 0 Å². The van der Waals surface area contributed by atoms with E-state index in [1.54, 1.807) is 0 Å². The molecule has 0 fully saturated rings. The Labute approximate surface area is 120 Å². The molecule has 0 radical (unpaired) electrons. The van der Waals surface area contributed by atoms with Gasteiger partial charge in [0.1, 0.15) is 11.5 Å². The highest BCUT2D eigenvalue weighted by atomic mass is 16.5. The van der Waals surface area contributed by atoms with Crippen molar-refractivity contribution in [2.24, 2.45) is 0 Å². The number of benzene rings is 2. The lowest BCUT2D eigenvalue weighted by Crippen LogP contribution is -2.04. The Morgan fingerprint density at radius 2 is 1.57 bits per heavy atom. The summed E-state index contributed by atoms with van der Waals surface area (Å²) in [5, 5.41) is 38.5. The van der Waals surface area contributed by atoms with Crippen molar-refractivity contribution < 1.29 is 30.0 Å². The number of ketones is 1. The average molecular weight is 290 g/mol. The fraction of sp³-hybridized carbons (Fsp3) is 0.133. The lowest BCUT2D eigenvalue weighted by Gasteiger charge is -2.11. The molecule has 2 rings (SSSR count). The first-order valence-corrected chi connectivity index (χ1v) is 6.03. The van der Waals surface area contributed by atoms with Gasteiger partial charge in [0.2, 0.25) is 5.75 Å². The maximum Gasteiger partial charge on any atom is 0.201 e. The summed E-state index contributed by atoms with van der Waals surface area (Å²) in [6.45, 7) is 1.51. The molecular formula is C15H14O6. The zero-order valence-electron chi connectivity index (χ0n) is 11.4. The van der Waals surface area contributed by atoms with E-state index in [9.17, 15) is 25.2 Å². The van der Waals surface area contributed by atoms with Gasteiger partial charge in [-0.25, -0.2) is 0 Å². The van der Waals surface area contributed by atoms with Crippen LogP contribution < -0.4 is 4.74 Å². The van der Waals surface area contributed by atoms with Gasteiger partial charge in [0.05, 0.1) is 12.7 Å². The molecule has 0 heterocycles. The molecule has 0 spiro atoms. The fourth-order valence-corrected chi connectivity index (χ4v) is 1.92. The van der Waals surface area contributed by atoms with Crippen LogP contribution in [0.25, 0.3) is 0 Å². The number of methoxy groups -OCH3 is 1. The summed E-state index contributed by atoms with van der Waals surface area (Å²) < 4.78 is 4.93. The molecule has 0 saturated heterocycles. The average Bonchev–Trinajstić information content (AvgIpc) is 2.46. The van der Waals surface area contributed by atoms with E-state index in [1.165, 1.54) is 32.2 Å². The molecule has 6 heteroatoms. The summed E-state index contributed by atoms with van der Waals surface area (Å²) in [6, 6.07) is 4.85. The standard InChI is InChI=1S/C15H14O6/c1-7-11(17)5-8(6-12(7)18)13(19)9-3-4-10(16)14(20)15(9)21-2/h3-6,16-18,20H,1-2H3. The second-order valence-corrected chi connectivity index (χ2v) is 4.48. The van der Waals surface area contributed by atoms with E-state index in [0.717, 1.165) is 6.07 Å². The van der Waals surface area contributed by atoms with E-state index < -0.39 is 17.3 Å². The molecule has 0 saturated carbocycles. The molecule has 0 aliphatic heterocycles. The first-order valence-electron chi connectivity index (χ1n) is 6.03. The van der Waals surface area contributed by atoms with Gasteiger partial charge in [-0.15, -0.1) is 0 Å². The van der Waals surface area contributed by atoms with Crippen LogP contribution in [0.5, 0.6) is 28.7 Å². The van der Waals surface area contributed by atoms with Crippen molar-refractivity contribution >= 4 is 5.78 Å². The molecule has 0 atom stereocenters. The van der Waals surface area contributed by atoms with Crippen molar-refractivity contribution in [3.8, 4) is 28.7 Å². The van der Waals surface area contributed by atoms with E-state index in [-0.39, 0.29) is 33.9 Å². The highest BCUT2D eigenvalue weighted by molar-refractivity contribution is 6.11. The van der Waals surface area contributed by atoms with Gasteiger partial charge >= 0.3 is 0 Å². The lowest BCUT2D eigenvalue weighted by molar-refractivity contribution is 0.103. The van der Waals surface area contributed by atoms with E-state index in [4.69, 9.17) is 4.74 Å². The second kappa shape index (κ2) is 5.24. The maximum absolute atomic E-state index is 12.4. The van der Waals surface area contributed by atoms with Gasteiger partial charge < -0.3 is 25.2 Å². The highest BCUT2D eigenvalue weighted by Gasteiger charge is 2.21. The van der Waals surface area contributed by atoms with Gasteiger partial charge in [0.25, 0.3) is 0 Å². The SMILES string of the molecule is COc1c(C(=O)c2cc(O)c(C)c(O)c2)ccc(O)c1O. The van der Waals surface area contributed by atoms with Crippen LogP contribution in [0.4, 0.5) is 0 Å². The number of aromatic hydroxyl groups is 4. The Kier molecular flexibility index (Phi) is 3.62. The van der Waals surface area contributed by atoms with Gasteiger partial charge in [0, 0.05) is 11.1 Å². The predicted octanol–water partition coefficient (Wildman–Crippen LogP) is 2.06. The Balaban J connectivity index is 2.58. The summed E-state index contributed by atoms with van der Waals surface area (Å²) >= 11 is 0. The van der Waals surface area contributed by atoms with Crippen molar-refractivity contribution in [2.45, 2.75) is 6.92 Å². The molecule has 0 aromatic heterocycles. The molecule has 2 aromatic rings. The molecule has 21 heavy (non-hydrogen) atoms. The first kappa shape index (κ1) is 14.5. The maximum atomic E-state index is 12.4. The van der Waals surface area contributed by atoms with Crippen molar-refractivity contribution in [2.75, 3.05) is 7.11 Å². The van der Waals surface area contributed by atoms with Crippen LogP contribution in [0, 0.1) is 6.92 Å². The summed E-state index contributed by atoms with van der Waals surface area (Å²) in [7, 11) is 1.25. The molecule has 0 aliphatic rings. The molecule has 0 bridgehead atoms. The minimum absolute atomic E-state index is 0.00421. The number of hydrogen-bond donors (Lipinski definition) is 4. The van der Waals surface area contributed by atoms with Crippen molar-refractivity contribution in [1.82, 2.24) is 0 Å². The van der Waals surface area contributed by atoms with E-state index >= 15 is 0 Å². The van der Waals surface area contributed by atoms with Gasteiger partial charge in [0.15, 0.2) is 17.3 Å². The fourth-order valence-electron chi connectivity index (χ4n) is 1.92. The number of hydrogen-bond acceptors (Lipinski definition) is 6. The molecule has 0 unspecified atom stereocenters. The Hall–Kier alpha value is -2.89. The summed E-state index contributed by atoms with van der Waals surface area (Å²) in [6.07, 6.45) is 0. The Morgan fingerprint density at radius 3 is 2.10 bits per heavy atom. The highest BCUT2D eigenvalue weighted by Crippen LogP contribution is 2.39. The van der Waals surface area contributed by atoms with Crippen LogP contribution in [-0.2, 0) is 0 Å². The molecule has 0 amide bonds. The lowest BCUT2D eigenvalue weighted by atomic mass is 9.99. The summed E-state index contributed by atoms with van der Waals surface area (Å²) in [5.74, 6) is -2.17. The predicted molar refractivity (Wildman–Crippen MR) is 74.3 cm³/mol. The number of phenols is 4. The van der Waals surface area contributed by atoms with Crippen LogP contribution in [0.1, 0.15) is 21.5 Å². The van der Waals surface area contributed by atoms with Gasteiger partial charge in [-0.3, -0.25) is 4.79 Å². The Morgan fingerprint density at radius 1 is 1.00 bits per heavy atom. The summed E-state index contributed by atoms with van der Waals surface area (Å²) in [5.41, 5.74) is 0.279. The van der Waals surface area contributed by atoms with Crippen molar-refractivity contribution in [3.63, 3.8) is 0 Å². The van der Waals surface area contributed by atoms with Crippen molar-refractivity contribution in [1.29, 1.82) is 0 Å². The molecule has 2 aromatic carbocycles. The molecular weight excluding hydrogens is 276 g/mol. The molecule has 0 aliphatic carbocycles. The van der Waals surface area contributed by atoms with Gasteiger partial charge in [-0.2, -0.15) is 0 Å². The minimum Gasteiger partial charge on any atom is -0.508 e. The van der Waals surface area contributed by atoms with Crippen LogP contribution in [0.2, 0.25) is 0 Å². The number of rotatable bonds is 3. The zero-order valence-corrected chi connectivity index (χ0v) is 11.4. The van der Waals surface area contributed by atoms with Gasteiger partial charge in [-0.05, 0) is 31.2 Å². The van der Waals surface area contributed by atoms with Crippen LogP contribution in [0.15, 0.2) is 24.3 Å². The first-order chi connectivity index (χ1) is 9.86. The third-order valence-corrected chi connectivity index (χ3v) is 3.17. The van der Waals surface area contributed by atoms with Gasteiger partial charge in [-0.1, -0.05) is 0 Å². The molecule has 6 nitrogen and oxygen atoms in total. The van der Waals surface area contributed by atoms with E-state index in [0.29, 0.717) is 0 Å². The normalized spacial score (nSPS) is 10.4.